The van der Waals surface area contributed by atoms with Gasteiger partial charge in [-0.05, 0) is 37.2 Å². The van der Waals surface area contributed by atoms with Crippen LogP contribution in [0.5, 0.6) is 5.75 Å². The maximum absolute atomic E-state index is 11.7. The molecule has 0 amide bonds. The molecule has 1 aromatic carbocycles. The van der Waals surface area contributed by atoms with Gasteiger partial charge in [0.1, 0.15) is 5.75 Å². The van der Waals surface area contributed by atoms with Gasteiger partial charge in [-0.2, -0.15) is 0 Å². The maximum atomic E-state index is 11.7. The average molecular weight is 294 g/mol. The first-order valence-electron chi connectivity index (χ1n) is 6.51. The molecule has 3 N–H and O–H groups in total. The number of aromatic nitrogens is 3. The van der Waals surface area contributed by atoms with E-state index in [0.29, 0.717) is 29.7 Å². The fraction of sp³-hybridized carbons (Fsp3) is 0.385. The van der Waals surface area contributed by atoms with Crippen molar-refractivity contribution in [2.45, 2.75) is 36.9 Å². The van der Waals surface area contributed by atoms with Crippen LogP contribution >= 0.6 is 11.8 Å². The number of rotatable bonds is 6. The van der Waals surface area contributed by atoms with Crippen molar-refractivity contribution in [3.8, 4) is 5.75 Å². The van der Waals surface area contributed by atoms with E-state index >= 15 is 0 Å². The molecular weight excluding hydrogens is 276 g/mol. The average Bonchev–Trinajstić information content (AvgIpc) is 2.77. The second-order valence-corrected chi connectivity index (χ2v) is 5.18. The van der Waals surface area contributed by atoms with Crippen molar-refractivity contribution in [2.24, 2.45) is 0 Å². The zero-order valence-electron chi connectivity index (χ0n) is 11.5. The van der Waals surface area contributed by atoms with Gasteiger partial charge in [0.05, 0.1) is 12.3 Å². The molecule has 0 saturated heterocycles. The van der Waals surface area contributed by atoms with Crippen molar-refractivity contribution in [3.63, 3.8) is 0 Å². The van der Waals surface area contributed by atoms with Gasteiger partial charge in [0, 0.05) is 11.4 Å². The lowest BCUT2D eigenvalue weighted by Gasteiger charge is -2.10. The molecule has 0 aliphatic heterocycles. The van der Waals surface area contributed by atoms with Crippen molar-refractivity contribution in [2.75, 3.05) is 12.3 Å². The second-order valence-electron chi connectivity index (χ2n) is 4.17. The largest absolute Gasteiger partial charge is 0.492 e. The smallest absolute Gasteiger partial charge is 0.343 e. The molecular formula is C13H18N4O2S. The third kappa shape index (κ3) is 2.98. The topological polar surface area (TPSA) is 85.9 Å². The summed E-state index contributed by atoms with van der Waals surface area (Å²) in [4.78, 5) is 12.5. The molecule has 0 aliphatic rings. The minimum atomic E-state index is -0.200. The van der Waals surface area contributed by atoms with E-state index in [-0.39, 0.29) is 5.69 Å². The van der Waals surface area contributed by atoms with E-state index in [4.69, 9.17) is 10.5 Å². The number of H-pyrrole nitrogens is 1. The highest BCUT2D eigenvalue weighted by Gasteiger charge is 2.13. The predicted octanol–water partition coefficient (Wildman–Crippen LogP) is 2.11. The SMILES string of the molecule is CCCn1c(Sc2cccc(OCC)c2N)n[nH]c1=O. The molecule has 1 heterocycles. The molecule has 6 nitrogen and oxygen atoms in total. The van der Waals surface area contributed by atoms with E-state index in [2.05, 4.69) is 10.2 Å². The van der Waals surface area contributed by atoms with Crippen LogP contribution in [0.3, 0.4) is 0 Å². The highest BCUT2D eigenvalue weighted by atomic mass is 32.2. The van der Waals surface area contributed by atoms with Gasteiger partial charge in [-0.15, -0.1) is 5.10 Å². The molecule has 7 heteroatoms. The zero-order valence-corrected chi connectivity index (χ0v) is 12.4. The molecule has 0 aliphatic carbocycles. The van der Waals surface area contributed by atoms with Gasteiger partial charge in [0.15, 0.2) is 5.16 Å². The maximum Gasteiger partial charge on any atom is 0.343 e. The van der Waals surface area contributed by atoms with Crippen LogP contribution in [0.15, 0.2) is 33.0 Å². The van der Waals surface area contributed by atoms with Crippen LogP contribution < -0.4 is 16.2 Å². The van der Waals surface area contributed by atoms with E-state index in [1.165, 1.54) is 11.8 Å². The first-order valence-corrected chi connectivity index (χ1v) is 7.33. The molecule has 0 fully saturated rings. The van der Waals surface area contributed by atoms with Gasteiger partial charge in [-0.25, -0.2) is 9.89 Å². The van der Waals surface area contributed by atoms with E-state index in [0.717, 1.165) is 11.3 Å². The number of nitrogen functional groups attached to an aromatic ring is 1. The zero-order chi connectivity index (χ0) is 14.5. The monoisotopic (exact) mass is 294 g/mol. The summed E-state index contributed by atoms with van der Waals surface area (Å²) >= 11 is 1.36. The van der Waals surface area contributed by atoms with Gasteiger partial charge < -0.3 is 10.5 Å². The molecule has 0 atom stereocenters. The van der Waals surface area contributed by atoms with Crippen LogP contribution in [0.25, 0.3) is 0 Å². The first kappa shape index (κ1) is 14.5. The molecule has 2 aromatic rings. The minimum absolute atomic E-state index is 0.200. The molecule has 20 heavy (non-hydrogen) atoms. The van der Waals surface area contributed by atoms with Crippen LogP contribution in [-0.4, -0.2) is 21.4 Å². The molecule has 0 bridgehead atoms. The lowest BCUT2D eigenvalue weighted by atomic mass is 10.3. The molecule has 0 radical (unpaired) electrons. The third-order valence-corrected chi connectivity index (χ3v) is 3.77. The van der Waals surface area contributed by atoms with Gasteiger partial charge >= 0.3 is 5.69 Å². The standard InChI is InChI=1S/C13H18N4O2S/c1-3-8-17-12(18)15-16-13(17)20-10-7-5-6-9(11(10)14)19-4-2/h5-7H,3-4,8,14H2,1-2H3,(H,15,18). The fourth-order valence-corrected chi connectivity index (χ4v) is 2.72. The number of ether oxygens (including phenoxy) is 1. The summed E-state index contributed by atoms with van der Waals surface area (Å²) in [5.74, 6) is 0.650. The summed E-state index contributed by atoms with van der Waals surface area (Å²) in [5.41, 5.74) is 6.44. The molecule has 0 unspecified atom stereocenters. The Bertz CT molecular complexity index is 636. The van der Waals surface area contributed by atoms with E-state index in [9.17, 15) is 4.79 Å². The lowest BCUT2D eigenvalue weighted by molar-refractivity contribution is 0.341. The van der Waals surface area contributed by atoms with Crippen molar-refractivity contribution >= 4 is 17.4 Å². The Morgan fingerprint density at radius 1 is 1.45 bits per heavy atom. The Hall–Kier alpha value is -1.89. The van der Waals surface area contributed by atoms with Crippen LogP contribution in [0, 0.1) is 0 Å². The Morgan fingerprint density at radius 3 is 2.95 bits per heavy atom. The second kappa shape index (κ2) is 6.51. The first-order chi connectivity index (χ1) is 9.67. The number of hydrogen-bond acceptors (Lipinski definition) is 5. The lowest BCUT2D eigenvalue weighted by Crippen LogP contribution is -2.17. The molecule has 0 saturated carbocycles. The minimum Gasteiger partial charge on any atom is -0.492 e. The number of nitrogens with one attached hydrogen (secondary N) is 1. The molecule has 0 spiro atoms. The summed E-state index contributed by atoms with van der Waals surface area (Å²) < 4.78 is 7.07. The number of aromatic amines is 1. The number of para-hydroxylation sites is 1. The predicted molar refractivity (Wildman–Crippen MR) is 79.3 cm³/mol. The van der Waals surface area contributed by atoms with Crippen molar-refractivity contribution in [1.29, 1.82) is 0 Å². The van der Waals surface area contributed by atoms with Crippen molar-refractivity contribution in [3.05, 3.63) is 28.7 Å². The quantitative estimate of drug-likeness (QED) is 0.797. The third-order valence-electron chi connectivity index (χ3n) is 2.70. The van der Waals surface area contributed by atoms with Crippen LogP contribution in [-0.2, 0) is 6.54 Å². The number of nitrogens with zero attached hydrogens (tertiary/aromatic N) is 2. The van der Waals surface area contributed by atoms with E-state index in [1.807, 2.05) is 32.0 Å². The normalized spacial score (nSPS) is 10.7. The molecule has 1 aromatic heterocycles. The van der Waals surface area contributed by atoms with Crippen LogP contribution in [0.1, 0.15) is 20.3 Å². The van der Waals surface area contributed by atoms with Gasteiger partial charge in [0.25, 0.3) is 0 Å². The van der Waals surface area contributed by atoms with Gasteiger partial charge in [0.2, 0.25) is 0 Å². The van der Waals surface area contributed by atoms with Crippen molar-refractivity contribution in [1.82, 2.24) is 14.8 Å². The highest BCUT2D eigenvalue weighted by molar-refractivity contribution is 7.99. The summed E-state index contributed by atoms with van der Waals surface area (Å²) in [6.45, 7) is 5.10. The van der Waals surface area contributed by atoms with Crippen molar-refractivity contribution < 1.29 is 4.74 Å². The fourth-order valence-electron chi connectivity index (χ4n) is 1.79. The van der Waals surface area contributed by atoms with Gasteiger partial charge in [-0.3, -0.25) is 4.57 Å². The highest BCUT2D eigenvalue weighted by Crippen LogP contribution is 2.35. The number of benzene rings is 1. The van der Waals surface area contributed by atoms with Crippen LogP contribution in [0.4, 0.5) is 5.69 Å². The number of hydrogen-bond donors (Lipinski definition) is 2. The van der Waals surface area contributed by atoms with Crippen LogP contribution in [0.2, 0.25) is 0 Å². The summed E-state index contributed by atoms with van der Waals surface area (Å²) in [7, 11) is 0. The number of anilines is 1. The summed E-state index contributed by atoms with van der Waals surface area (Å²) in [6.07, 6.45) is 0.863. The molecule has 108 valence electrons. The van der Waals surface area contributed by atoms with Gasteiger partial charge in [-0.1, -0.05) is 13.0 Å². The Balaban J connectivity index is 2.30. The van der Waals surface area contributed by atoms with E-state index < -0.39 is 0 Å². The van der Waals surface area contributed by atoms with E-state index in [1.54, 1.807) is 4.57 Å². The summed E-state index contributed by atoms with van der Waals surface area (Å²) in [6, 6.07) is 5.59. The summed E-state index contributed by atoms with van der Waals surface area (Å²) in [5, 5.41) is 7.11. The molecule has 2 rings (SSSR count). The number of nitrogens with two attached hydrogens (primary N) is 1. The Labute approximate surface area is 121 Å². The Kier molecular flexibility index (Phi) is 4.73. The Morgan fingerprint density at radius 2 is 2.25 bits per heavy atom.